The zero-order chi connectivity index (χ0) is 46.2. The Morgan fingerprint density at radius 2 is 1.05 bits per heavy atom. The average Bonchev–Trinajstić information content (AvgIpc) is 3.81. The second-order valence-electron chi connectivity index (χ2n) is 16.4. The molecule has 4 aliphatic rings. The van der Waals surface area contributed by atoms with Crippen molar-refractivity contribution in [1.29, 1.82) is 0 Å². The number of hydrogen-bond donors (Lipinski definition) is 1. The van der Waals surface area contributed by atoms with Crippen molar-refractivity contribution < 1.29 is 37.1 Å². The molecule has 0 unspecified atom stereocenters. The number of urea groups is 2. The summed E-state index contributed by atoms with van der Waals surface area (Å²) < 4.78 is 41.1. The van der Waals surface area contributed by atoms with Crippen LogP contribution in [0.25, 0.3) is 11.5 Å². The van der Waals surface area contributed by atoms with E-state index in [1.165, 1.54) is 0 Å². The van der Waals surface area contributed by atoms with Gasteiger partial charge in [-0.05, 0) is 71.8 Å². The zero-order valence-electron chi connectivity index (χ0n) is 36.2. The van der Waals surface area contributed by atoms with E-state index in [2.05, 4.69) is 20.0 Å². The summed E-state index contributed by atoms with van der Waals surface area (Å²) >= 11 is 12.1. The molecule has 0 atom stereocenters. The first-order valence-corrected chi connectivity index (χ1v) is 22.6. The summed E-state index contributed by atoms with van der Waals surface area (Å²) in [6.45, 7) is 9.76. The summed E-state index contributed by atoms with van der Waals surface area (Å²) in [5, 5.41) is 8.25. The normalized spacial score (nSPS) is 17.1. The number of halogens is 4. The standard InChI is InChI=1S/C24H24ClF2N5O3.C23H27ClN4O3/c25-18-5-7-19(8-6-18)32(24(33)31-11-9-30(10-12-31)20-14-34-15-20)13-16-1-3-17(4-2-16)22-28-29-23(35-22)21(26)27;24-19-5-7-20(8-6-19)28(14-17-1-3-18(4-2-17)22(29)13-25)23(30)27-11-9-26(10-12-27)21-15-31-16-21/h1-8,20-21H,9-15H2;1-8,21H,9-16,25H2. The van der Waals surface area contributed by atoms with Crippen molar-refractivity contribution in [2.75, 3.05) is 95.1 Å². The number of benzene rings is 4. The fourth-order valence-electron chi connectivity index (χ4n) is 8.02. The van der Waals surface area contributed by atoms with Crippen LogP contribution >= 0.6 is 23.2 Å². The summed E-state index contributed by atoms with van der Waals surface area (Å²) in [6.07, 6.45) is -2.82. The van der Waals surface area contributed by atoms with Gasteiger partial charge < -0.3 is 29.4 Å². The first-order valence-electron chi connectivity index (χ1n) is 21.8. The van der Waals surface area contributed by atoms with Crippen molar-refractivity contribution in [2.24, 2.45) is 5.73 Å². The number of Topliss-reactive ketones (excluding diaryl/α,β-unsaturated/α-hetero) is 1. The molecule has 0 spiro atoms. The van der Waals surface area contributed by atoms with Gasteiger partial charge in [0.2, 0.25) is 5.89 Å². The van der Waals surface area contributed by atoms with E-state index in [0.29, 0.717) is 72.5 Å². The van der Waals surface area contributed by atoms with E-state index < -0.39 is 12.3 Å². The Kier molecular flexibility index (Phi) is 15.6. The lowest BCUT2D eigenvalue weighted by molar-refractivity contribution is -0.0738. The number of ketones is 1. The molecule has 15 nitrogen and oxygen atoms in total. The summed E-state index contributed by atoms with van der Waals surface area (Å²) in [7, 11) is 0. The summed E-state index contributed by atoms with van der Waals surface area (Å²) in [5.41, 5.74) is 9.85. The third kappa shape index (κ3) is 11.5. The number of rotatable bonds is 12. The molecule has 19 heteroatoms. The molecule has 2 N–H and O–H groups in total. The molecular weight excluding hydrogens is 895 g/mol. The van der Waals surface area contributed by atoms with Crippen molar-refractivity contribution in [1.82, 2.24) is 29.8 Å². The second kappa shape index (κ2) is 21.8. The predicted octanol–water partition coefficient (Wildman–Crippen LogP) is 7.10. The molecule has 4 amide bonds. The van der Waals surface area contributed by atoms with Crippen molar-refractivity contribution >= 4 is 52.4 Å². The van der Waals surface area contributed by atoms with Gasteiger partial charge in [0.25, 0.3) is 5.89 Å². The number of alkyl halides is 2. The quantitative estimate of drug-likeness (QED) is 0.128. The monoisotopic (exact) mass is 945 g/mol. The number of nitrogens with zero attached hydrogens (tertiary/aromatic N) is 8. The maximum Gasteiger partial charge on any atom is 0.324 e. The molecule has 4 saturated heterocycles. The summed E-state index contributed by atoms with van der Waals surface area (Å²) in [5.74, 6) is -0.798. The van der Waals surface area contributed by atoms with Gasteiger partial charge in [0.05, 0.1) is 58.1 Å². The molecule has 348 valence electrons. The molecule has 4 aromatic carbocycles. The predicted molar refractivity (Wildman–Crippen MR) is 246 cm³/mol. The lowest BCUT2D eigenvalue weighted by Gasteiger charge is -2.43. The Morgan fingerprint density at radius 1 is 0.621 bits per heavy atom. The van der Waals surface area contributed by atoms with Crippen molar-refractivity contribution in [3.05, 3.63) is 130 Å². The van der Waals surface area contributed by atoms with Crippen LogP contribution in [-0.2, 0) is 22.6 Å². The molecule has 4 aliphatic heterocycles. The minimum atomic E-state index is -2.82. The smallest absolute Gasteiger partial charge is 0.324 e. The van der Waals surface area contributed by atoms with Crippen LogP contribution in [0.3, 0.4) is 0 Å². The lowest BCUT2D eigenvalue weighted by Crippen LogP contribution is -2.59. The fourth-order valence-corrected chi connectivity index (χ4v) is 8.27. The molecule has 5 aromatic rings. The summed E-state index contributed by atoms with van der Waals surface area (Å²) in [4.78, 5) is 50.9. The highest BCUT2D eigenvalue weighted by atomic mass is 35.5. The Morgan fingerprint density at radius 3 is 1.41 bits per heavy atom. The van der Waals surface area contributed by atoms with Crippen LogP contribution in [-0.4, -0.2) is 145 Å². The van der Waals surface area contributed by atoms with Crippen LogP contribution in [0.15, 0.2) is 101 Å². The van der Waals surface area contributed by atoms with Crippen molar-refractivity contribution in [2.45, 2.75) is 31.6 Å². The van der Waals surface area contributed by atoms with Gasteiger partial charge in [0, 0.05) is 84.9 Å². The maximum atomic E-state index is 13.6. The van der Waals surface area contributed by atoms with Crippen LogP contribution in [0.5, 0.6) is 0 Å². The first-order chi connectivity index (χ1) is 32.0. The molecule has 66 heavy (non-hydrogen) atoms. The molecule has 0 saturated carbocycles. The Hall–Kier alpha value is -5.53. The van der Waals surface area contributed by atoms with E-state index in [1.54, 1.807) is 58.3 Å². The van der Waals surface area contributed by atoms with E-state index in [4.69, 9.17) is 42.8 Å². The average molecular weight is 947 g/mol. The van der Waals surface area contributed by atoms with Crippen LogP contribution in [0.1, 0.15) is 33.8 Å². The topological polar surface area (TPSA) is 154 Å². The molecule has 9 rings (SSSR count). The van der Waals surface area contributed by atoms with Gasteiger partial charge in [0.15, 0.2) is 5.78 Å². The van der Waals surface area contributed by atoms with E-state index in [-0.39, 0.29) is 30.3 Å². The fraction of sp³-hybridized carbons (Fsp3) is 0.383. The molecule has 5 heterocycles. The molecule has 0 radical (unpaired) electrons. The number of ether oxygens (including phenoxy) is 2. The number of nitrogens with two attached hydrogens (primary N) is 1. The minimum Gasteiger partial charge on any atom is -0.415 e. The van der Waals surface area contributed by atoms with Gasteiger partial charge in [-0.1, -0.05) is 59.6 Å². The van der Waals surface area contributed by atoms with Crippen molar-refractivity contribution in [3.63, 3.8) is 0 Å². The Labute approximate surface area is 391 Å². The molecule has 0 aliphatic carbocycles. The van der Waals surface area contributed by atoms with Crippen molar-refractivity contribution in [3.8, 4) is 11.5 Å². The third-order valence-electron chi connectivity index (χ3n) is 12.2. The number of carbonyl (C=O) groups is 3. The lowest BCUT2D eigenvalue weighted by atomic mass is 10.1. The Balaban J connectivity index is 0.000000181. The number of piperazine rings is 2. The van der Waals surface area contributed by atoms with Crippen LogP contribution < -0.4 is 15.5 Å². The number of hydrogen-bond acceptors (Lipinski definition) is 11. The van der Waals surface area contributed by atoms with Crippen LogP contribution in [0.4, 0.5) is 29.7 Å². The van der Waals surface area contributed by atoms with Gasteiger partial charge in [-0.15, -0.1) is 10.2 Å². The SMILES string of the molecule is NCC(=O)c1ccc(CN(C(=O)N2CCN(C3COC3)CC2)c2ccc(Cl)cc2)cc1.O=C(N1CCN(C2COC2)CC1)N(Cc1ccc(-c2nnc(C(F)F)o2)cc1)c1ccc(Cl)cc1. The zero-order valence-corrected chi connectivity index (χ0v) is 37.7. The number of anilines is 2. The first kappa shape index (κ1) is 47.0. The molecule has 4 fully saturated rings. The summed E-state index contributed by atoms with van der Waals surface area (Å²) in [6, 6.07) is 29.6. The number of aromatic nitrogens is 2. The minimum absolute atomic E-state index is 0.0201. The van der Waals surface area contributed by atoms with E-state index in [9.17, 15) is 23.2 Å². The molecule has 1 aromatic heterocycles. The molecule has 0 bridgehead atoms. The van der Waals surface area contributed by atoms with E-state index >= 15 is 0 Å². The largest absolute Gasteiger partial charge is 0.415 e. The third-order valence-corrected chi connectivity index (χ3v) is 12.7. The highest BCUT2D eigenvalue weighted by molar-refractivity contribution is 6.31. The van der Waals surface area contributed by atoms with Gasteiger partial charge in [-0.3, -0.25) is 24.4 Å². The van der Waals surface area contributed by atoms with Gasteiger partial charge >= 0.3 is 18.5 Å². The highest BCUT2D eigenvalue weighted by Crippen LogP contribution is 2.28. The van der Waals surface area contributed by atoms with Gasteiger partial charge in [-0.2, -0.15) is 8.78 Å². The van der Waals surface area contributed by atoms with Crippen LogP contribution in [0, 0.1) is 0 Å². The number of carbonyl (C=O) groups excluding carboxylic acids is 3. The van der Waals surface area contributed by atoms with Gasteiger partial charge in [-0.25, -0.2) is 9.59 Å². The van der Waals surface area contributed by atoms with E-state index in [1.807, 2.05) is 58.3 Å². The van der Waals surface area contributed by atoms with Crippen LogP contribution in [0.2, 0.25) is 10.0 Å². The Bertz CT molecular complexity index is 2390. The second-order valence-corrected chi connectivity index (χ2v) is 17.3. The highest BCUT2D eigenvalue weighted by Gasteiger charge is 2.34. The van der Waals surface area contributed by atoms with Gasteiger partial charge in [0.1, 0.15) is 0 Å². The van der Waals surface area contributed by atoms with E-state index in [0.717, 1.165) is 75.1 Å². The molecular formula is C47H51Cl2F2N9O6. The maximum absolute atomic E-state index is 13.6. The number of amides is 4.